The molecular formula is C25H25ClN4O4S. The Morgan fingerprint density at radius 2 is 1.89 bits per heavy atom. The van der Waals surface area contributed by atoms with E-state index in [4.69, 9.17) is 11.6 Å². The van der Waals surface area contributed by atoms with Gasteiger partial charge in [0, 0.05) is 49.1 Å². The smallest absolute Gasteiger partial charge is 0.255 e. The van der Waals surface area contributed by atoms with Crippen molar-refractivity contribution >= 4 is 39.1 Å². The number of hydrogen-bond acceptors (Lipinski definition) is 5. The molecule has 0 radical (unpaired) electrons. The van der Waals surface area contributed by atoms with Gasteiger partial charge in [0.2, 0.25) is 15.9 Å². The van der Waals surface area contributed by atoms with Crippen molar-refractivity contribution in [3.8, 4) is 11.3 Å². The molecule has 2 aromatic carbocycles. The van der Waals surface area contributed by atoms with Crippen LogP contribution < -0.4 is 10.0 Å². The van der Waals surface area contributed by atoms with Crippen LogP contribution in [0.5, 0.6) is 0 Å². The largest absolute Gasteiger partial charge is 0.343 e. The number of anilines is 1. The zero-order valence-electron chi connectivity index (χ0n) is 18.9. The molecule has 8 nitrogen and oxygen atoms in total. The van der Waals surface area contributed by atoms with Crippen molar-refractivity contribution in [3.63, 3.8) is 0 Å². The van der Waals surface area contributed by atoms with Gasteiger partial charge in [-0.1, -0.05) is 17.7 Å². The van der Waals surface area contributed by atoms with Gasteiger partial charge in [-0.3, -0.25) is 14.6 Å². The fraction of sp³-hybridized carbons (Fsp3) is 0.240. The molecule has 0 bridgehead atoms. The second-order valence-corrected chi connectivity index (χ2v) is 10.3. The van der Waals surface area contributed by atoms with E-state index in [1.807, 2.05) is 12.1 Å². The monoisotopic (exact) mass is 512 g/mol. The minimum Gasteiger partial charge on any atom is -0.343 e. The second kappa shape index (κ2) is 11.0. The van der Waals surface area contributed by atoms with Gasteiger partial charge in [-0.15, -0.1) is 0 Å². The fourth-order valence-electron chi connectivity index (χ4n) is 3.81. The van der Waals surface area contributed by atoms with Crippen LogP contribution in [0.1, 0.15) is 29.6 Å². The highest BCUT2D eigenvalue weighted by Crippen LogP contribution is 2.29. The number of aromatic nitrogens is 1. The minimum atomic E-state index is -3.72. The highest BCUT2D eigenvalue weighted by atomic mass is 35.5. The van der Waals surface area contributed by atoms with Crippen LogP contribution in [-0.4, -0.2) is 49.8 Å². The maximum atomic E-state index is 12.7. The van der Waals surface area contributed by atoms with E-state index in [0.29, 0.717) is 46.9 Å². The van der Waals surface area contributed by atoms with E-state index < -0.39 is 10.0 Å². The molecule has 1 saturated heterocycles. The molecular weight excluding hydrogens is 488 g/mol. The summed E-state index contributed by atoms with van der Waals surface area (Å²) < 4.78 is 27.7. The first-order valence-electron chi connectivity index (χ1n) is 11.2. The van der Waals surface area contributed by atoms with Gasteiger partial charge in [0.1, 0.15) is 0 Å². The number of halogens is 1. The lowest BCUT2D eigenvalue weighted by molar-refractivity contribution is -0.127. The zero-order chi connectivity index (χ0) is 24.8. The molecule has 0 spiro atoms. The number of benzene rings is 2. The van der Waals surface area contributed by atoms with Crippen molar-refractivity contribution < 1.29 is 18.0 Å². The van der Waals surface area contributed by atoms with Gasteiger partial charge in [-0.05, 0) is 67.4 Å². The number of carbonyl (C=O) groups is 2. The lowest BCUT2D eigenvalue weighted by Gasteiger charge is -2.15. The molecule has 1 aliphatic heterocycles. The molecule has 10 heteroatoms. The molecule has 0 atom stereocenters. The number of pyridine rings is 1. The lowest BCUT2D eigenvalue weighted by Crippen LogP contribution is -2.30. The third-order valence-electron chi connectivity index (χ3n) is 5.66. The highest BCUT2D eigenvalue weighted by Gasteiger charge is 2.20. The molecule has 182 valence electrons. The van der Waals surface area contributed by atoms with Crippen LogP contribution in [0.3, 0.4) is 0 Å². The number of amides is 2. The topological polar surface area (TPSA) is 108 Å². The first-order chi connectivity index (χ1) is 16.8. The Hall–Kier alpha value is -3.27. The molecule has 0 aliphatic carbocycles. The molecule has 2 heterocycles. The van der Waals surface area contributed by atoms with Gasteiger partial charge in [0.25, 0.3) is 5.91 Å². The third-order valence-corrected chi connectivity index (χ3v) is 7.47. The van der Waals surface area contributed by atoms with Crippen LogP contribution in [-0.2, 0) is 14.8 Å². The summed E-state index contributed by atoms with van der Waals surface area (Å²) in [5, 5.41) is 3.31. The third kappa shape index (κ3) is 6.25. The van der Waals surface area contributed by atoms with Crippen LogP contribution in [0.2, 0.25) is 5.02 Å². The van der Waals surface area contributed by atoms with Crippen LogP contribution in [0.15, 0.2) is 71.8 Å². The summed E-state index contributed by atoms with van der Waals surface area (Å²) >= 11 is 6.30. The predicted octanol–water partition coefficient (Wildman–Crippen LogP) is 3.95. The number of sulfonamides is 1. The minimum absolute atomic E-state index is 0.0650. The van der Waals surface area contributed by atoms with Crippen LogP contribution in [0.4, 0.5) is 5.69 Å². The maximum absolute atomic E-state index is 12.7. The summed E-state index contributed by atoms with van der Waals surface area (Å²) in [6.07, 6.45) is 3.62. The molecule has 1 aromatic heterocycles. The van der Waals surface area contributed by atoms with Crippen molar-refractivity contribution in [2.75, 3.05) is 25.0 Å². The Labute approximate surface area is 209 Å². The first-order valence-corrected chi connectivity index (χ1v) is 13.1. The first kappa shape index (κ1) is 24.8. The summed E-state index contributed by atoms with van der Waals surface area (Å²) in [6, 6.07) is 16.3. The number of carbonyl (C=O) groups excluding carboxylic acids is 2. The van der Waals surface area contributed by atoms with Crippen molar-refractivity contribution in [2.24, 2.45) is 0 Å². The average Bonchev–Trinajstić information content (AvgIpc) is 3.28. The van der Waals surface area contributed by atoms with E-state index in [2.05, 4.69) is 15.0 Å². The maximum Gasteiger partial charge on any atom is 0.255 e. The van der Waals surface area contributed by atoms with Gasteiger partial charge >= 0.3 is 0 Å². The quantitative estimate of drug-likeness (QED) is 0.422. The van der Waals surface area contributed by atoms with E-state index in [9.17, 15) is 18.0 Å². The van der Waals surface area contributed by atoms with Gasteiger partial charge in [-0.25, -0.2) is 13.1 Å². The number of hydrogen-bond donors (Lipinski definition) is 2. The Bertz CT molecular complexity index is 1320. The van der Waals surface area contributed by atoms with E-state index >= 15 is 0 Å². The summed E-state index contributed by atoms with van der Waals surface area (Å²) in [4.78, 5) is 30.5. The normalized spacial score (nSPS) is 13.7. The van der Waals surface area contributed by atoms with E-state index in [0.717, 1.165) is 13.0 Å². The highest BCUT2D eigenvalue weighted by molar-refractivity contribution is 7.89. The van der Waals surface area contributed by atoms with E-state index in [1.165, 1.54) is 24.3 Å². The van der Waals surface area contributed by atoms with Gasteiger partial charge in [0.05, 0.1) is 15.6 Å². The number of rotatable bonds is 9. The van der Waals surface area contributed by atoms with Crippen molar-refractivity contribution in [1.29, 1.82) is 0 Å². The molecule has 2 N–H and O–H groups in total. The Kier molecular flexibility index (Phi) is 7.80. The van der Waals surface area contributed by atoms with Crippen molar-refractivity contribution in [2.45, 2.75) is 24.2 Å². The molecule has 2 amide bonds. The zero-order valence-corrected chi connectivity index (χ0v) is 20.5. The molecule has 1 aliphatic rings. The van der Waals surface area contributed by atoms with Crippen molar-refractivity contribution in [1.82, 2.24) is 14.6 Å². The average molecular weight is 513 g/mol. The second-order valence-electron chi connectivity index (χ2n) is 8.12. The van der Waals surface area contributed by atoms with Crippen LogP contribution in [0.25, 0.3) is 11.3 Å². The standard InChI is InChI=1S/C25H25ClN4O4S/c26-22-12-9-19(17-21(22)23-5-1-2-13-27-23)29-25(32)18-7-10-20(11-8-18)35(33,34)28-14-4-16-30-15-3-6-24(30)31/h1-2,5,7-13,17,28H,3-4,6,14-16H2,(H,29,32). The Morgan fingerprint density at radius 1 is 1.09 bits per heavy atom. The Balaban J connectivity index is 1.36. The van der Waals surface area contributed by atoms with Gasteiger partial charge in [-0.2, -0.15) is 0 Å². The van der Waals surface area contributed by atoms with Gasteiger partial charge < -0.3 is 10.2 Å². The summed E-state index contributed by atoms with van der Waals surface area (Å²) in [5.74, 6) is -0.264. The summed E-state index contributed by atoms with van der Waals surface area (Å²) in [5.41, 5.74) is 2.22. The van der Waals surface area contributed by atoms with E-state index in [1.54, 1.807) is 35.4 Å². The molecule has 4 rings (SSSR count). The molecule has 1 fully saturated rings. The fourth-order valence-corrected chi connectivity index (χ4v) is 5.10. The van der Waals surface area contributed by atoms with Crippen molar-refractivity contribution in [3.05, 3.63) is 77.4 Å². The number of likely N-dealkylation sites (tertiary alicyclic amines) is 1. The lowest BCUT2D eigenvalue weighted by atomic mass is 10.1. The molecule has 3 aromatic rings. The Morgan fingerprint density at radius 3 is 2.57 bits per heavy atom. The number of nitrogens with zero attached hydrogens (tertiary/aromatic N) is 2. The molecule has 35 heavy (non-hydrogen) atoms. The van der Waals surface area contributed by atoms with Gasteiger partial charge in [0.15, 0.2) is 0 Å². The summed E-state index contributed by atoms with van der Waals surface area (Å²) in [7, 11) is -3.72. The molecule has 0 saturated carbocycles. The van der Waals surface area contributed by atoms with E-state index in [-0.39, 0.29) is 23.3 Å². The number of nitrogens with one attached hydrogen (secondary N) is 2. The molecule has 0 unspecified atom stereocenters. The SMILES string of the molecule is O=C(Nc1ccc(Cl)c(-c2ccccn2)c1)c1ccc(S(=O)(=O)NCCCN2CCCC2=O)cc1. The predicted molar refractivity (Wildman–Crippen MR) is 135 cm³/mol. The van der Waals surface area contributed by atoms with Crippen LogP contribution >= 0.6 is 11.6 Å². The van der Waals surface area contributed by atoms with Crippen LogP contribution in [0, 0.1) is 0 Å². The summed E-state index contributed by atoms with van der Waals surface area (Å²) in [6.45, 7) is 1.49.